The van der Waals surface area contributed by atoms with Crippen LogP contribution in [0.25, 0.3) is 32.3 Å². The van der Waals surface area contributed by atoms with Gasteiger partial charge in [-0.05, 0) is 139 Å². The van der Waals surface area contributed by atoms with Gasteiger partial charge in [-0.15, -0.1) is 0 Å². The molecule has 0 radical (unpaired) electrons. The highest BCUT2D eigenvalue weighted by Crippen LogP contribution is 2.46. The molecule has 1 aliphatic carbocycles. The summed E-state index contributed by atoms with van der Waals surface area (Å²) in [5.41, 5.74) is 11.8. The van der Waals surface area contributed by atoms with E-state index in [2.05, 4.69) is 312 Å². The minimum absolute atomic E-state index is 0.447. The number of anilines is 10. The van der Waals surface area contributed by atoms with Crippen molar-refractivity contribution in [3.63, 3.8) is 0 Å². The predicted molar refractivity (Wildman–Crippen MR) is 302 cm³/mol. The summed E-state index contributed by atoms with van der Waals surface area (Å²) in [6.07, 6.45) is 7.90. The van der Waals surface area contributed by atoms with Crippen LogP contribution in [0.5, 0.6) is 0 Å². The highest BCUT2D eigenvalue weighted by molar-refractivity contribution is 6.01. The highest BCUT2D eigenvalue weighted by atomic mass is 15.2. The molecule has 0 fully saturated rings. The van der Waals surface area contributed by atoms with E-state index in [9.17, 15) is 0 Å². The maximum absolute atomic E-state index is 2.52. The number of allylic oxidation sites excluding steroid dienone is 1. The molecule has 4 nitrogen and oxygen atoms in total. The summed E-state index contributed by atoms with van der Waals surface area (Å²) in [5, 5.41) is 7.25. The maximum Gasteiger partial charge on any atom is 0.0644 e. The van der Waals surface area contributed by atoms with Crippen LogP contribution < -0.4 is 19.6 Å². The van der Waals surface area contributed by atoms with E-state index in [1.54, 1.807) is 0 Å². The number of rotatable bonds is 12. The zero-order valence-electron chi connectivity index (χ0n) is 39.6. The Morgan fingerprint density at radius 2 is 0.606 bits per heavy atom. The van der Waals surface area contributed by atoms with Gasteiger partial charge in [0.05, 0.1) is 22.6 Å². The SMILES string of the molecule is CC1(N(c2ccc(N(c3ccccc3)c3cccc4ccccc34)cc2)c2ccc(N(c3ccccc3)c3cccc4ccccc34)cc2)C=CC(N(c2ccccc2)c2cccc3ccccc23)=CC1. The van der Waals surface area contributed by atoms with E-state index >= 15 is 0 Å². The van der Waals surface area contributed by atoms with Crippen molar-refractivity contribution >= 4 is 89.2 Å². The lowest BCUT2D eigenvalue weighted by atomic mass is 9.88. The molecule has 1 unspecified atom stereocenters. The molecule has 340 valence electrons. The monoisotopic (exact) mass is 912 g/mol. The second-order valence-corrected chi connectivity index (χ2v) is 18.4. The van der Waals surface area contributed by atoms with Crippen molar-refractivity contribution in [2.75, 3.05) is 19.6 Å². The van der Waals surface area contributed by atoms with Crippen molar-refractivity contribution in [3.05, 3.63) is 291 Å². The maximum atomic E-state index is 2.52. The van der Waals surface area contributed by atoms with Crippen molar-refractivity contribution < 1.29 is 0 Å². The summed E-state index contributed by atoms with van der Waals surface area (Å²) >= 11 is 0. The van der Waals surface area contributed by atoms with Crippen LogP contribution in [0, 0.1) is 0 Å². The van der Waals surface area contributed by atoms with Gasteiger partial charge in [0.25, 0.3) is 0 Å². The molecule has 4 heteroatoms. The van der Waals surface area contributed by atoms with Crippen molar-refractivity contribution in [1.29, 1.82) is 0 Å². The molecular formula is C67H52N4. The molecule has 0 heterocycles. The Morgan fingerprint density at radius 1 is 0.296 bits per heavy atom. The Balaban J connectivity index is 0.973. The largest absolute Gasteiger partial charge is 0.332 e. The summed E-state index contributed by atoms with van der Waals surface area (Å²) in [6.45, 7) is 2.36. The lowest BCUT2D eigenvalue weighted by Gasteiger charge is -2.43. The first-order valence-electron chi connectivity index (χ1n) is 24.5. The molecule has 1 atom stereocenters. The fraction of sp³-hybridized carbons (Fsp3) is 0.0448. The zero-order valence-corrected chi connectivity index (χ0v) is 39.6. The molecule has 1 aliphatic rings. The lowest BCUT2D eigenvalue weighted by Crippen LogP contribution is -2.43. The van der Waals surface area contributed by atoms with Crippen LogP contribution in [0.1, 0.15) is 13.3 Å². The first-order valence-corrected chi connectivity index (χ1v) is 24.5. The van der Waals surface area contributed by atoms with E-state index in [0.717, 1.165) is 69.0 Å². The summed E-state index contributed by atoms with van der Waals surface area (Å²) < 4.78 is 0. The number of hydrogen-bond donors (Lipinski definition) is 0. The number of para-hydroxylation sites is 3. The smallest absolute Gasteiger partial charge is 0.0644 e. The third-order valence-corrected chi connectivity index (χ3v) is 13.9. The summed E-state index contributed by atoms with van der Waals surface area (Å²) in [5.74, 6) is 0. The van der Waals surface area contributed by atoms with E-state index in [1.165, 1.54) is 32.3 Å². The van der Waals surface area contributed by atoms with Crippen LogP contribution in [-0.2, 0) is 0 Å². The average molecular weight is 913 g/mol. The Labute approximate surface area is 416 Å². The Kier molecular flexibility index (Phi) is 11.4. The van der Waals surface area contributed by atoms with E-state index in [4.69, 9.17) is 0 Å². The number of fused-ring (bicyclic) bond motifs is 3. The first kappa shape index (κ1) is 43.2. The Bertz CT molecular complexity index is 3520. The molecule has 0 saturated carbocycles. The number of benzene rings is 11. The molecule has 0 bridgehead atoms. The lowest BCUT2D eigenvalue weighted by molar-refractivity contribution is 0.566. The molecule has 0 spiro atoms. The quantitative estimate of drug-likeness (QED) is 0.121. The number of hydrogen-bond acceptors (Lipinski definition) is 4. The first-order chi connectivity index (χ1) is 35.1. The van der Waals surface area contributed by atoms with Crippen molar-refractivity contribution in [2.45, 2.75) is 18.9 Å². The van der Waals surface area contributed by atoms with Gasteiger partial charge in [0, 0.05) is 61.7 Å². The molecule has 0 N–H and O–H groups in total. The fourth-order valence-corrected chi connectivity index (χ4v) is 10.5. The van der Waals surface area contributed by atoms with Gasteiger partial charge in [-0.25, -0.2) is 0 Å². The van der Waals surface area contributed by atoms with Crippen LogP contribution in [0.4, 0.5) is 56.9 Å². The minimum atomic E-state index is -0.447. The van der Waals surface area contributed by atoms with Gasteiger partial charge in [-0.3, -0.25) is 0 Å². The average Bonchev–Trinajstić information content (AvgIpc) is 3.44. The molecule has 0 aliphatic heterocycles. The minimum Gasteiger partial charge on any atom is -0.332 e. The van der Waals surface area contributed by atoms with Crippen LogP contribution in [0.15, 0.2) is 291 Å². The van der Waals surface area contributed by atoms with Crippen molar-refractivity contribution in [1.82, 2.24) is 0 Å². The van der Waals surface area contributed by atoms with Gasteiger partial charge in [-0.1, -0.05) is 176 Å². The third kappa shape index (κ3) is 8.26. The molecule has 0 saturated heterocycles. The van der Waals surface area contributed by atoms with Crippen LogP contribution in [0.3, 0.4) is 0 Å². The Hall–Kier alpha value is -9.12. The van der Waals surface area contributed by atoms with E-state index < -0.39 is 5.54 Å². The predicted octanol–water partition coefficient (Wildman–Crippen LogP) is 18.7. The fourth-order valence-electron chi connectivity index (χ4n) is 10.5. The van der Waals surface area contributed by atoms with Gasteiger partial charge in [0.2, 0.25) is 0 Å². The van der Waals surface area contributed by atoms with Crippen LogP contribution in [0.2, 0.25) is 0 Å². The molecule has 71 heavy (non-hydrogen) atoms. The molecule has 12 rings (SSSR count). The zero-order chi connectivity index (χ0) is 47.6. The van der Waals surface area contributed by atoms with Crippen LogP contribution in [-0.4, -0.2) is 5.54 Å². The number of nitrogens with zero attached hydrogens (tertiary/aromatic N) is 4. The van der Waals surface area contributed by atoms with Gasteiger partial charge < -0.3 is 19.6 Å². The van der Waals surface area contributed by atoms with E-state index in [0.29, 0.717) is 0 Å². The van der Waals surface area contributed by atoms with Gasteiger partial charge in [0.1, 0.15) is 0 Å². The van der Waals surface area contributed by atoms with Crippen LogP contribution >= 0.6 is 0 Å². The van der Waals surface area contributed by atoms with Crippen molar-refractivity contribution in [3.8, 4) is 0 Å². The molecular weight excluding hydrogens is 861 g/mol. The molecule has 11 aromatic rings. The summed E-state index contributed by atoms with van der Waals surface area (Å²) in [6, 6.07) is 96.1. The second-order valence-electron chi connectivity index (χ2n) is 18.4. The van der Waals surface area contributed by atoms with E-state index in [-0.39, 0.29) is 0 Å². The van der Waals surface area contributed by atoms with Gasteiger partial charge >= 0.3 is 0 Å². The van der Waals surface area contributed by atoms with Crippen molar-refractivity contribution in [2.24, 2.45) is 0 Å². The Morgan fingerprint density at radius 3 is 0.986 bits per heavy atom. The third-order valence-electron chi connectivity index (χ3n) is 13.9. The standard InChI is InChI=1S/C67H52N4/c1-67(48-46-58(47-49-67)70(55-30-9-4-10-31-55)66-37-19-25-52-22-13-16-34-63(52)66)71(59-42-38-56(39-43-59)68(53-26-5-2-6-27-53)64-35-17-23-50-20-11-14-32-61(50)64)60-44-40-57(41-45-60)69(54-28-7-3-8-29-54)65-36-18-24-51-21-12-15-33-62(51)65/h2-48H,49H2,1H3. The summed E-state index contributed by atoms with van der Waals surface area (Å²) in [4.78, 5) is 9.67. The molecule has 0 amide bonds. The normalized spacial score (nSPS) is 14.3. The topological polar surface area (TPSA) is 13.0 Å². The highest BCUT2D eigenvalue weighted by Gasteiger charge is 2.34. The van der Waals surface area contributed by atoms with Gasteiger partial charge in [-0.2, -0.15) is 0 Å². The van der Waals surface area contributed by atoms with E-state index in [1.807, 2.05) is 0 Å². The van der Waals surface area contributed by atoms with Gasteiger partial charge in [0.15, 0.2) is 0 Å². The summed E-state index contributed by atoms with van der Waals surface area (Å²) in [7, 11) is 0. The molecule has 11 aromatic carbocycles. The molecule has 0 aromatic heterocycles. The second kappa shape index (κ2) is 18.8.